The zero-order valence-corrected chi connectivity index (χ0v) is 19.8. The Morgan fingerprint density at radius 2 is 1.91 bits per heavy atom. The van der Waals surface area contributed by atoms with Crippen LogP contribution in [-0.4, -0.2) is 31.1 Å². The number of nitrogens with one attached hydrogen (secondary N) is 1. The number of amides is 1. The Kier molecular flexibility index (Phi) is 6.51. The van der Waals surface area contributed by atoms with Crippen LogP contribution in [0, 0.1) is 5.82 Å². The van der Waals surface area contributed by atoms with Crippen LogP contribution in [0.1, 0.15) is 38.2 Å². The van der Waals surface area contributed by atoms with Gasteiger partial charge in [0, 0.05) is 36.3 Å². The van der Waals surface area contributed by atoms with Gasteiger partial charge < -0.3 is 20.9 Å². The maximum Gasteiger partial charge on any atom is 0.409 e. The number of carbonyl (C=O) groups is 1. The highest BCUT2D eigenvalue weighted by atomic mass is 35.5. The summed E-state index contributed by atoms with van der Waals surface area (Å²) in [5.41, 5.74) is 6.06. The molecule has 9 nitrogen and oxygen atoms in total. The summed E-state index contributed by atoms with van der Waals surface area (Å²) in [5.74, 6) is -0.112. The van der Waals surface area contributed by atoms with E-state index in [-0.39, 0.29) is 22.6 Å². The Bertz CT molecular complexity index is 1410. The van der Waals surface area contributed by atoms with E-state index in [0.717, 1.165) is 5.56 Å². The molecule has 3 aromatic heterocycles. The standard InChI is InChI=1S/C24H22ClFN6O3/c1-12(13-5-4-6-15(7-13)35-23(27)33)31-20-16(25)11-28-18-8-17(26)19(32-21(18)20)14-9-29-22(30-10-14)24(2,3)34/h4-12,34H,1-3H3,(H2,27,33)(H,28,31). The zero-order valence-electron chi connectivity index (χ0n) is 19.1. The molecule has 4 aromatic rings. The van der Waals surface area contributed by atoms with Crippen LogP contribution in [0.2, 0.25) is 5.02 Å². The lowest BCUT2D eigenvalue weighted by Crippen LogP contribution is -2.19. The Morgan fingerprint density at radius 3 is 2.57 bits per heavy atom. The van der Waals surface area contributed by atoms with Gasteiger partial charge in [-0.3, -0.25) is 4.98 Å². The van der Waals surface area contributed by atoms with E-state index in [1.807, 2.05) is 13.0 Å². The number of primary amides is 1. The van der Waals surface area contributed by atoms with E-state index in [1.165, 1.54) is 24.7 Å². The van der Waals surface area contributed by atoms with Gasteiger partial charge in [-0.25, -0.2) is 24.1 Å². The van der Waals surface area contributed by atoms with Gasteiger partial charge in [-0.15, -0.1) is 0 Å². The lowest BCUT2D eigenvalue weighted by Gasteiger charge is -2.19. The van der Waals surface area contributed by atoms with Gasteiger partial charge in [0.2, 0.25) is 0 Å². The largest absolute Gasteiger partial charge is 0.410 e. The van der Waals surface area contributed by atoms with Crippen LogP contribution in [0.4, 0.5) is 14.9 Å². The Morgan fingerprint density at radius 1 is 1.20 bits per heavy atom. The van der Waals surface area contributed by atoms with Crippen molar-refractivity contribution in [2.75, 3.05) is 5.32 Å². The number of hydrogen-bond acceptors (Lipinski definition) is 8. The van der Waals surface area contributed by atoms with E-state index < -0.39 is 17.5 Å². The fourth-order valence-corrected chi connectivity index (χ4v) is 3.63. The van der Waals surface area contributed by atoms with E-state index in [0.29, 0.717) is 28.0 Å². The number of pyridine rings is 2. The van der Waals surface area contributed by atoms with Gasteiger partial charge in [0.05, 0.1) is 16.2 Å². The first-order valence-corrected chi connectivity index (χ1v) is 10.9. The molecular formula is C24H22ClFN6O3. The molecule has 180 valence electrons. The van der Waals surface area contributed by atoms with E-state index in [1.54, 1.807) is 32.0 Å². The molecule has 0 saturated heterocycles. The molecule has 1 unspecified atom stereocenters. The second-order valence-corrected chi connectivity index (χ2v) is 8.79. The molecule has 4 rings (SSSR count). The third-order valence-electron chi connectivity index (χ3n) is 5.16. The first-order chi connectivity index (χ1) is 16.5. The second-order valence-electron chi connectivity index (χ2n) is 8.38. The molecule has 11 heteroatoms. The smallest absolute Gasteiger partial charge is 0.409 e. The maximum atomic E-state index is 14.9. The van der Waals surface area contributed by atoms with Gasteiger partial charge in [-0.2, -0.15) is 0 Å². The topological polar surface area (TPSA) is 136 Å². The average Bonchev–Trinajstić information content (AvgIpc) is 2.80. The summed E-state index contributed by atoms with van der Waals surface area (Å²) in [4.78, 5) is 28.0. The van der Waals surface area contributed by atoms with Crippen LogP contribution in [0.15, 0.2) is 48.9 Å². The lowest BCUT2D eigenvalue weighted by atomic mass is 10.1. The number of aliphatic hydroxyl groups is 1. The van der Waals surface area contributed by atoms with Crippen molar-refractivity contribution < 1.29 is 19.0 Å². The van der Waals surface area contributed by atoms with Crippen molar-refractivity contribution in [1.29, 1.82) is 0 Å². The highest BCUT2D eigenvalue weighted by molar-refractivity contribution is 6.34. The summed E-state index contributed by atoms with van der Waals surface area (Å²) in [6, 6.07) is 7.79. The molecule has 35 heavy (non-hydrogen) atoms. The van der Waals surface area contributed by atoms with Crippen LogP contribution >= 0.6 is 11.6 Å². The summed E-state index contributed by atoms with van der Waals surface area (Å²) in [5, 5.41) is 13.6. The van der Waals surface area contributed by atoms with Crippen molar-refractivity contribution in [2.24, 2.45) is 5.73 Å². The molecular weight excluding hydrogens is 475 g/mol. The Balaban J connectivity index is 1.73. The normalized spacial score (nSPS) is 12.4. The van der Waals surface area contributed by atoms with E-state index >= 15 is 0 Å². The maximum absolute atomic E-state index is 14.9. The third kappa shape index (κ3) is 5.28. The fourth-order valence-electron chi connectivity index (χ4n) is 3.43. The summed E-state index contributed by atoms with van der Waals surface area (Å²) in [7, 11) is 0. The summed E-state index contributed by atoms with van der Waals surface area (Å²) in [6.45, 7) is 4.98. The van der Waals surface area contributed by atoms with E-state index in [2.05, 4.69) is 25.3 Å². The summed E-state index contributed by atoms with van der Waals surface area (Å²) in [6.07, 6.45) is 3.29. The molecule has 1 amide bonds. The van der Waals surface area contributed by atoms with Gasteiger partial charge in [0.15, 0.2) is 11.6 Å². The number of aromatic nitrogens is 4. The third-order valence-corrected chi connectivity index (χ3v) is 5.44. The van der Waals surface area contributed by atoms with Crippen molar-refractivity contribution in [3.05, 3.63) is 71.2 Å². The van der Waals surface area contributed by atoms with Crippen molar-refractivity contribution in [2.45, 2.75) is 32.4 Å². The zero-order chi connectivity index (χ0) is 25.3. The van der Waals surface area contributed by atoms with Crippen LogP contribution in [-0.2, 0) is 5.60 Å². The predicted molar refractivity (Wildman–Crippen MR) is 129 cm³/mol. The summed E-state index contributed by atoms with van der Waals surface area (Å²) >= 11 is 6.45. The molecule has 0 aliphatic rings. The number of fused-ring (bicyclic) bond motifs is 1. The van der Waals surface area contributed by atoms with Crippen molar-refractivity contribution in [3.8, 4) is 17.0 Å². The van der Waals surface area contributed by atoms with Gasteiger partial charge in [-0.1, -0.05) is 23.7 Å². The monoisotopic (exact) mass is 496 g/mol. The molecule has 0 aliphatic heterocycles. The number of halogens is 2. The quantitative estimate of drug-likeness (QED) is 0.348. The molecule has 3 heterocycles. The van der Waals surface area contributed by atoms with Gasteiger partial charge >= 0.3 is 6.09 Å². The number of rotatable bonds is 6. The second kappa shape index (κ2) is 9.40. The molecule has 1 atom stereocenters. The molecule has 0 spiro atoms. The van der Waals surface area contributed by atoms with Crippen LogP contribution in [0.25, 0.3) is 22.3 Å². The first kappa shape index (κ1) is 24.2. The Hall–Kier alpha value is -3.89. The van der Waals surface area contributed by atoms with Crippen LogP contribution < -0.4 is 15.8 Å². The molecule has 1 aromatic carbocycles. The molecule has 0 bridgehead atoms. The van der Waals surface area contributed by atoms with Gasteiger partial charge in [-0.05, 0) is 38.5 Å². The van der Waals surface area contributed by atoms with E-state index in [4.69, 9.17) is 22.1 Å². The predicted octanol–water partition coefficient (Wildman–Crippen LogP) is 4.74. The number of anilines is 1. The highest BCUT2D eigenvalue weighted by Gasteiger charge is 2.21. The molecule has 0 radical (unpaired) electrons. The number of benzene rings is 1. The van der Waals surface area contributed by atoms with Crippen molar-refractivity contribution >= 4 is 34.4 Å². The van der Waals surface area contributed by atoms with Crippen molar-refractivity contribution in [1.82, 2.24) is 19.9 Å². The SMILES string of the molecule is CC(Nc1c(Cl)cnc2cc(F)c(-c3cnc(C(C)(C)O)nc3)nc12)c1cccc(OC(N)=O)c1. The fraction of sp³-hybridized carbons (Fsp3) is 0.208. The van der Waals surface area contributed by atoms with Crippen molar-refractivity contribution in [3.63, 3.8) is 0 Å². The molecule has 4 N–H and O–H groups in total. The minimum atomic E-state index is -1.24. The molecule has 0 fully saturated rings. The van der Waals surface area contributed by atoms with Crippen LogP contribution in [0.3, 0.4) is 0 Å². The number of nitrogens with zero attached hydrogens (tertiary/aromatic N) is 4. The highest BCUT2D eigenvalue weighted by Crippen LogP contribution is 2.34. The first-order valence-electron chi connectivity index (χ1n) is 10.6. The Labute approximate surface area is 205 Å². The van der Waals surface area contributed by atoms with Gasteiger partial charge in [0.25, 0.3) is 0 Å². The molecule has 0 saturated carbocycles. The minimum absolute atomic E-state index is 0.0106. The summed E-state index contributed by atoms with van der Waals surface area (Å²) < 4.78 is 19.9. The number of ether oxygens (including phenoxy) is 1. The number of carbonyl (C=O) groups excluding carboxylic acids is 1. The van der Waals surface area contributed by atoms with Gasteiger partial charge in [0.1, 0.15) is 22.6 Å². The lowest BCUT2D eigenvalue weighted by molar-refractivity contribution is 0.0687. The number of nitrogens with two attached hydrogens (primary N) is 1. The molecule has 0 aliphatic carbocycles. The van der Waals surface area contributed by atoms with E-state index in [9.17, 15) is 14.3 Å². The van der Waals surface area contributed by atoms with Crippen LogP contribution in [0.5, 0.6) is 5.75 Å². The minimum Gasteiger partial charge on any atom is -0.410 e. The average molecular weight is 497 g/mol. The number of hydrogen-bond donors (Lipinski definition) is 3.